The Labute approximate surface area is 192 Å². The van der Waals surface area contributed by atoms with Crippen LogP contribution in [0.4, 0.5) is 17.5 Å². The molecule has 0 unspecified atom stereocenters. The van der Waals surface area contributed by atoms with Crippen molar-refractivity contribution in [2.75, 3.05) is 43.5 Å². The molecule has 0 amide bonds. The van der Waals surface area contributed by atoms with Crippen molar-refractivity contribution >= 4 is 39.1 Å². The van der Waals surface area contributed by atoms with E-state index in [9.17, 15) is 8.42 Å². The highest BCUT2D eigenvalue weighted by Crippen LogP contribution is 2.26. The molecule has 1 aliphatic heterocycles. The van der Waals surface area contributed by atoms with Crippen LogP contribution in [-0.4, -0.2) is 56.0 Å². The number of sulfonamides is 1. The minimum atomic E-state index is -3.65. The Morgan fingerprint density at radius 3 is 2.34 bits per heavy atom. The Morgan fingerprint density at radius 2 is 1.69 bits per heavy atom. The maximum atomic E-state index is 13.0. The summed E-state index contributed by atoms with van der Waals surface area (Å²) in [4.78, 5) is 11.3. The van der Waals surface area contributed by atoms with Crippen molar-refractivity contribution in [1.82, 2.24) is 14.3 Å². The molecule has 0 aliphatic carbocycles. The molecule has 0 bridgehead atoms. The van der Waals surface area contributed by atoms with Gasteiger partial charge in [-0.1, -0.05) is 23.7 Å². The van der Waals surface area contributed by atoms with E-state index in [-0.39, 0.29) is 9.92 Å². The predicted octanol–water partition coefficient (Wildman–Crippen LogP) is 3.70. The number of ether oxygens (including phenoxy) is 1. The van der Waals surface area contributed by atoms with Crippen LogP contribution in [-0.2, 0) is 10.0 Å². The quantitative estimate of drug-likeness (QED) is 0.584. The smallest absolute Gasteiger partial charge is 0.244 e. The van der Waals surface area contributed by atoms with Gasteiger partial charge in [-0.15, -0.1) is 0 Å². The molecule has 2 heterocycles. The highest BCUT2D eigenvalue weighted by Gasteiger charge is 2.30. The lowest BCUT2D eigenvalue weighted by atomic mass is 10.3. The van der Waals surface area contributed by atoms with Crippen molar-refractivity contribution < 1.29 is 13.2 Å². The van der Waals surface area contributed by atoms with E-state index in [2.05, 4.69) is 15.3 Å². The molecule has 1 aromatic heterocycles. The summed E-state index contributed by atoms with van der Waals surface area (Å²) in [6.45, 7) is 3.52. The largest absolute Gasteiger partial charge is 0.497 e. The molecule has 168 valence electrons. The minimum absolute atomic E-state index is 0.132. The molecule has 0 atom stereocenters. The molecule has 1 fully saturated rings. The molecule has 1 N–H and O–H groups in total. The molecular weight excluding hydrogens is 450 g/mol. The number of nitrogens with one attached hydrogen (secondary N) is 1. The second kappa shape index (κ2) is 9.32. The monoisotopic (exact) mass is 473 g/mol. The molecule has 1 aliphatic rings. The fraction of sp³-hybridized carbons (Fsp3) is 0.273. The molecule has 0 saturated carbocycles. The Balaban J connectivity index is 1.47. The summed E-state index contributed by atoms with van der Waals surface area (Å²) in [5.74, 6) is 2.01. The van der Waals surface area contributed by atoms with E-state index in [1.54, 1.807) is 25.3 Å². The average Bonchev–Trinajstić information content (AvgIpc) is 2.79. The van der Waals surface area contributed by atoms with Gasteiger partial charge in [-0.2, -0.15) is 9.29 Å². The zero-order valence-corrected chi connectivity index (χ0v) is 19.4. The van der Waals surface area contributed by atoms with E-state index in [1.807, 2.05) is 42.2 Å². The number of piperazine rings is 1. The molecule has 4 rings (SSSR count). The zero-order chi connectivity index (χ0) is 22.7. The summed E-state index contributed by atoms with van der Waals surface area (Å²) < 4.78 is 32.6. The first-order valence-electron chi connectivity index (χ1n) is 10.1. The number of anilines is 3. The Hall–Kier alpha value is -2.88. The Kier molecular flexibility index (Phi) is 6.50. The van der Waals surface area contributed by atoms with Gasteiger partial charge in [0.15, 0.2) is 0 Å². The van der Waals surface area contributed by atoms with Gasteiger partial charge in [-0.05, 0) is 43.3 Å². The van der Waals surface area contributed by atoms with Crippen LogP contribution in [0.1, 0.15) is 5.69 Å². The Bertz CT molecular complexity index is 1200. The van der Waals surface area contributed by atoms with Gasteiger partial charge < -0.3 is 15.0 Å². The summed E-state index contributed by atoms with van der Waals surface area (Å²) in [7, 11) is -2.02. The van der Waals surface area contributed by atoms with E-state index in [0.717, 1.165) is 17.1 Å². The second-order valence-corrected chi connectivity index (χ2v) is 9.68. The third kappa shape index (κ3) is 4.79. The number of benzene rings is 2. The molecule has 32 heavy (non-hydrogen) atoms. The first-order valence-corrected chi connectivity index (χ1v) is 11.9. The number of rotatable bonds is 6. The molecule has 0 spiro atoms. The van der Waals surface area contributed by atoms with Gasteiger partial charge in [0.05, 0.1) is 12.1 Å². The first kappa shape index (κ1) is 22.3. The van der Waals surface area contributed by atoms with Crippen molar-refractivity contribution in [2.45, 2.75) is 11.8 Å². The van der Waals surface area contributed by atoms with Crippen LogP contribution in [0.15, 0.2) is 59.5 Å². The van der Waals surface area contributed by atoms with Gasteiger partial charge in [0.1, 0.15) is 16.5 Å². The molecule has 10 heteroatoms. The summed E-state index contributed by atoms with van der Waals surface area (Å²) in [6.07, 6.45) is 0. The van der Waals surface area contributed by atoms with Crippen LogP contribution in [0, 0.1) is 6.92 Å². The fourth-order valence-electron chi connectivity index (χ4n) is 3.50. The van der Waals surface area contributed by atoms with Gasteiger partial charge in [0.2, 0.25) is 16.0 Å². The van der Waals surface area contributed by atoms with Crippen LogP contribution in [0.3, 0.4) is 0 Å². The topological polar surface area (TPSA) is 87.7 Å². The maximum absolute atomic E-state index is 13.0. The summed E-state index contributed by atoms with van der Waals surface area (Å²) in [5.41, 5.74) is 1.70. The van der Waals surface area contributed by atoms with Crippen LogP contribution < -0.4 is 15.0 Å². The van der Waals surface area contributed by atoms with E-state index in [1.165, 1.54) is 10.4 Å². The number of hydrogen-bond donors (Lipinski definition) is 1. The highest BCUT2D eigenvalue weighted by atomic mass is 35.5. The van der Waals surface area contributed by atoms with Gasteiger partial charge in [-0.3, -0.25) is 0 Å². The van der Waals surface area contributed by atoms with Crippen molar-refractivity contribution in [2.24, 2.45) is 0 Å². The van der Waals surface area contributed by atoms with Gasteiger partial charge in [-0.25, -0.2) is 13.4 Å². The zero-order valence-electron chi connectivity index (χ0n) is 17.8. The summed E-state index contributed by atoms with van der Waals surface area (Å²) >= 11 is 6.12. The predicted molar refractivity (Wildman–Crippen MR) is 125 cm³/mol. The summed E-state index contributed by atoms with van der Waals surface area (Å²) in [6, 6.07) is 15.9. The van der Waals surface area contributed by atoms with E-state index in [4.69, 9.17) is 16.3 Å². The normalized spacial score (nSPS) is 14.9. The fourth-order valence-corrected chi connectivity index (χ4v) is 5.42. The molecule has 3 aromatic rings. The maximum Gasteiger partial charge on any atom is 0.244 e. The second-order valence-electron chi connectivity index (χ2n) is 7.37. The van der Waals surface area contributed by atoms with E-state index < -0.39 is 10.0 Å². The minimum Gasteiger partial charge on any atom is -0.497 e. The van der Waals surface area contributed by atoms with Crippen molar-refractivity contribution in [3.05, 3.63) is 65.3 Å². The van der Waals surface area contributed by atoms with E-state index in [0.29, 0.717) is 37.9 Å². The molecule has 0 radical (unpaired) electrons. The summed E-state index contributed by atoms with van der Waals surface area (Å²) in [5, 5.41) is 3.51. The van der Waals surface area contributed by atoms with Gasteiger partial charge >= 0.3 is 0 Å². The van der Waals surface area contributed by atoms with Crippen molar-refractivity contribution in [1.29, 1.82) is 0 Å². The number of halogens is 1. The molecule has 8 nitrogen and oxygen atoms in total. The van der Waals surface area contributed by atoms with Crippen LogP contribution in [0.2, 0.25) is 5.02 Å². The number of aryl methyl sites for hydroxylation is 1. The molecule has 1 saturated heterocycles. The van der Waals surface area contributed by atoms with Gasteiger partial charge in [0, 0.05) is 43.6 Å². The lowest BCUT2D eigenvalue weighted by molar-refractivity contribution is 0.382. The van der Waals surface area contributed by atoms with E-state index >= 15 is 0 Å². The highest BCUT2D eigenvalue weighted by molar-refractivity contribution is 7.89. The van der Waals surface area contributed by atoms with Crippen LogP contribution >= 0.6 is 11.6 Å². The van der Waals surface area contributed by atoms with Crippen molar-refractivity contribution in [3.63, 3.8) is 0 Å². The van der Waals surface area contributed by atoms with Crippen molar-refractivity contribution in [3.8, 4) is 5.75 Å². The standard InChI is InChI=1S/C22H24ClN5O3S/c1-16-15-21(25-17-7-9-18(31-2)10-8-17)26-22(24-16)27-11-13-28(14-12-27)32(29,30)20-6-4-3-5-19(20)23/h3-10,15H,11-14H2,1-2H3,(H,24,25,26). The molecule has 2 aromatic carbocycles. The number of hydrogen-bond acceptors (Lipinski definition) is 7. The number of aromatic nitrogens is 2. The molecular formula is C22H24ClN5O3S. The average molecular weight is 474 g/mol. The van der Waals surface area contributed by atoms with Crippen LogP contribution in [0.5, 0.6) is 5.75 Å². The first-order chi connectivity index (χ1) is 15.4. The number of nitrogens with zero attached hydrogens (tertiary/aromatic N) is 4. The Morgan fingerprint density at radius 1 is 1.00 bits per heavy atom. The SMILES string of the molecule is COc1ccc(Nc2cc(C)nc(N3CCN(S(=O)(=O)c4ccccc4Cl)CC3)n2)cc1. The van der Waals surface area contributed by atoms with Crippen LogP contribution in [0.25, 0.3) is 0 Å². The third-order valence-electron chi connectivity index (χ3n) is 5.18. The van der Waals surface area contributed by atoms with Gasteiger partial charge in [0.25, 0.3) is 0 Å². The third-order valence-corrected chi connectivity index (χ3v) is 7.58. The number of methoxy groups -OCH3 is 1. The lowest BCUT2D eigenvalue weighted by Gasteiger charge is -2.34. The lowest BCUT2D eigenvalue weighted by Crippen LogP contribution is -2.49.